The van der Waals surface area contributed by atoms with Gasteiger partial charge in [-0.05, 0) is 42.0 Å². The Morgan fingerprint density at radius 2 is 1.73 bits per heavy atom. The average Bonchev–Trinajstić information content (AvgIpc) is 2.65. The van der Waals surface area contributed by atoms with E-state index in [9.17, 15) is 14.7 Å². The van der Waals surface area contributed by atoms with Crippen molar-refractivity contribution in [2.45, 2.75) is 0 Å². The fourth-order valence-corrected chi connectivity index (χ4v) is 2.41. The highest BCUT2D eigenvalue weighted by atomic mass is 16.5. The lowest BCUT2D eigenvalue weighted by molar-refractivity contribution is 0.414. The summed E-state index contributed by atoms with van der Waals surface area (Å²) in [6.45, 7) is 0. The predicted molar refractivity (Wildman–Crippen MR) is 99.8 cm³/mol. The van der Waals surface area contributed by atoms with E-state index >= 15 is 0 Å². The molecule has 0 saturated carbocycles. The maximum absolute atomic E-state index is 12.1. The zero-order valence-electron chi connectivity index (χ0n) is 14.0. The van der Waals surface area contributed by atoms with Gasteiger partial charge in [0.2, 0.25) is 5.88 Å². The normalized spacial score (nSPS) is 10.0. The van der Waals surface area contributed by atoms with Crippen LogP contribution in [0, 0.1) is 0 Å². The van der Waals surface area contributed by atoms with Gasteiger partial charge < -0.3 is 9.84 Å². The number of ether oxygens (including phenoxy) is 1. The van der Waals surface area contributed by atoms with Gasteiger partial charge in [0.05, 0.1) is 12.8 Å². The van der Waals surface area contributed by atoms with Gasteiger partial charge in [-0.3, -0.25) is 9.78 Å². The number of hydrogen-bond donors (Lipinski definition) is 2. The van der Waals surface area contributed by atoms with Crippen LogP contribution in [0.4, 0.5) is 0 Å². The molecule has 0 aliphatic heterocycles. The fraction of sp³-hybridized carbons (Fsp3) is 0.0500. The lowest BCUT2D eigenvalue weighted by Crippen LogP contribution is -2.30. The number of nitrogens with one attached hydrogen (secondary N) is 1. The monoisotopic (exact) mass is 348 g/mol. The Kier molecular flexibility index (Phi) is 4.87. The van der Waals surface area contributed by atoms with Gasteiger partial charge in [0.1, 0.15) is 11.3 Å². The van der Waals surface area contributed by atoms with Crippen molar-refractivity contribution in [2.24, 2.45) is 0 Å². The Balaban J connectivity index is 2.08. The van der Waals surface area contributed by atoms with E-state index in [2.05, 4.69) is 10.7 Å². The Morgan fingerprint density at radius 3 is 2.38 bits per heavy atom. The number of aromatic hydroxyl groups is 1. The summed E-state index contributed by atoms with van der Waals surface area (Å²) in [5, 5.41) is 10.5. The lowest BCUT2D eigenvalue weighted by atomic mass is 10.2. The van der Waals surface area contributed by atoms with Crippen LogP contribution in [-0.2, 0) is 0 Å². The highest BCUT2D eigenvalue weighted by Gasteiger charge is 2.13. The molecule has 0 bridgehead atoms. The number of aromatic amines is 1. The largest absolute Gasteiger partial charge is 0.497 e. The first-order chi connectivity index (χ1) is 12.6. The molecule has 0 aliphatic carbocycles. The smallest absolute Gasteiger partial charge is 0.335 e. The van der Waals surface area contributed by atoms with E-state index in [1.54, 1.807) is 30.3 Å². The molecule has 130 valence electrons. The van der Waals surface area contributed by atoms with E-state index in [0.29, 0.717) is 11.4 Å². The third-order valence-electron chi connectivity index (χ3n) is 3.73. The van der Waals surface area contributed by atoms with Gasteiger partial charge in [0, 0.05) is 0 Å². The number of hydrogen-bond acceptors (Lipinski definition) is 4. The molecule has 26 heavy (non-hydrogen) atoms. The van der Waals surface area contributed by atoms with Gasteiger partial charge in [-0.1, -0.05) is 30.3 Å². The second-order valence-corrected chi connectivity index (χ2v) is 5.40. The van der Waals surface area contributed by atoms with E-state index in [1.807, 2.05) is 30.3 Å². The highest BCUT2D eigenvalue weighted by Crippen LogP contribution is 2.19. The van der Waals surface area contributed by atoms with Crippen molar-refractivity contribution >= 4 is 12.2 Å². The highest BCUT2D eigenvalue weighted by molar-refractivity contribution is 5.60. The summed E-state index contributed by atoms with van der Waals surface area (Å²) in [6.07, 6.45) is 3.00. The first-order valence-corrected chi connectivity index (χ1v) is 7.80. The Morgan fingerprint density at radius 1 is 1.04 bits per heavy atom. The summed E-state index contributed by atoms with van der Waals surface area (Å²) < 4.78 is 6.09. The van der Waals surface area contributed by atoms with Gasteiger partial charge in [-0.25, -0.2) is 9.36 Å². The zero-order valence-corrected chi connectivity index (χ0v) is 14.0. The number of benzene rings is 2. The van der Waals surface area contributed by atoms with Crippen molar-refractivity contribution in [3.05, 3.63) is 92.3 Å². The van der Waals surface area contributed by atoms with Gasteiger partial charge in [-0.15, -0.1) is 5.73 Å². The molecule has 0 fully saturated rings. The van der Waals surface area contributed by atoms with Gasteiger partial charge in [0.15, 0.2) is 0 Å². The number of H-pyrrole nitrogens is 1. The van der Waals surface area contributed by atoms with Crippen molar-refractivity contribution in [3.8, 4) is 17.3 Å². The molecule has 2 N–H and O–H groups in total. The average molecular weight is 348 g/mol. The SMILES string of the molecule is COc1ccc(-n2c(O)c(C=C=Cc3ccccc3)c(=O)[nH]c2=O)cc1. The molecule has 0 spiro atoms. The lowest BCUT2D eigenvalue weighted by Gasteiger charge is -2.10. The molecule has 1 heterocycles. The molecule has 0 amide bonds. The summed E-state index contributed by atoms with van der Waals surface area (Å²) in [4.78, 5) is 26.4. The molecule has 3 rings (SSSR count). The van der Waals surface area contributed by atoms with Crippen molar-refractivity contribution in [1.29, 1.82) is 0 Å². The zero-order chi connectivity index (χ0) is 18.5. The molecule has 0 atom stereocenters. The maximum Gasteiger partial charge on any atom is 0.335 e. The topological polar surface area (TPSA) is 84.3 Å². The minimum Gasteiger partial charge on any atom is -0.497 e. The van der Waals surface area contributed by atoms with Crippen molar-refractivity contribution in [2.75, 3.05) is 7.11 Å². The van der Waals surface area contributed by atoms with Gasteiger partial charge in [-0.2, -0.15) is 0 Å². The summed E-state index contributed by atoms with van der Waals surface area (Å²) in [6, 6.07) is 15.9. The van der Waals surface area contributed by atoms with Crippen LogP contribution in [0.1, 0.15) is 11.1 Å². The molecule has 0 aliphatic rings. The standard InChI is InChI=1S/C20H16N2O4/c1-26-16-12-10-15(11-13-16)22-19(24)17(18(23)21-20(22)25)9-5-8-14-6-3-2-4-7-14/h2-4,6-13,24H,1H3,(H,21,23,25). The molecule has 0 unspecified atom stereocenters. The third-order valence-corrected chi connectivity index (χ3v) is 3.73. The Labute approximate surface area is 149 Å². The van der Waals surface area contributed by atoms with E-state index in [-0.39, 0.29) is 5.56 Å². The summed E-state index contributed by atoms with van der Waals surface area (Å²) in [5.74, 6) is 0.148. The van der Waals surface area contributed by atoms with Gasteiger partial charge in [0.25, 0.3) is 5.56 Å². The van der Waals surface area contributed by atoms with E-state index in [0.717, 1.165) is 10.1 Å². The molecule has 6 heteroatoms. The molecule has 3 aromatic rings. The Bertz CT molecular complexity index is 1090. The summed E-state index contributed by atoms with van der Waals surface area (Å²) in [7, 11) is 1.53. The quantitative estimate of drug-likeness (QED) is 0.710. The molecule has 0 saturated heterocycles. The van der Waals surface area contributed by atoms with Crippen LogP contribution < -0.4 is 16.0 Å². The number of aromatic nitrogens is 2. The molecule has 2 aromatic carbocycles. The van der Waals surface area contributed by atoms with Gasteiger partial charge >= 0.3 is 5.69 Å². The number of nitrogens with zero attached hydrogens (tertiary/aromatic N) is 1. The number of rotatable bonds is 4. The van der Waals surface area contributed by atoms with Crippen molar-refractivity contribution in [3.63, 3.8) is 0 Å². The van der Waals surface area contributed by atoms with Crippen LogP contribution >= 0.6 is 0 Å². The molecular formula is C20H16N2O4. The van der Waals surface area contributed by atoms with E-state index < -0.39 is 17.1 Å². The Hall–Kier alpha value is -3.76. The van der Waals surface area contributed by atoms with Crippen LogP contribution in [-0.4, -0.2) is 21.8 Å². The van der Waals surface area contributed by atoms with Crippen LogP contribution in [0.2, 0.25) is 0 Å². The van der Waals surface area contributed by atoms with Crippen molar-refractivity contribution < 1.29 is 9.84 Å². The number of methoxy groups -OCH3 is 1. The van der Waals surface area contributed by atoms with Crippen LogP contribution in [0.15, 0.2) is 69.9 Å². The first kappa shape index (κ1) is 17.1. The molecule has 1 aromatic heterocycles. The maximum atomic E-state index is 12.1. The molecule has 6 nitrogen and oxygen atoms in total. The summed E-state index contributed by atoms with van der Waals surface area (Å²) in [5.41, 5.74) is 2.65. The van der Waals surface area contributed by atoms with Crippen LogP contribution in [0.25, 0.3) is 17.8 Å². The van der Waals surface area contributed by atoms with E-state index in [1.165, 1.54) is 13.2 Å². The predicted octanol–water partition coefficient (Wildman–Crippen LogP) is 2.57. The third kappa shape index (κ3) is 3.50. The second-order valence-electron chi connectivity index (χ2n) is 5.40. The van der Waals surface area contributed by atoms with Crippen LogP contribution in [0.3, 0.4) is 0 Å². The molecule has 0 radical (unpaired) electrons. The minimum absolute atomic E-state index is 0.0624. The molecular weight excluding hydrogens is 332 g/mol. The van der Waals surface area contributed by atoms with Crippen LogP contribution in [0.5, 0.6) is 11.6 Å². The minimum atomic E-state index is -0.734. The first-order valence-electron chi connectivity index (χ1n) is 7.80. The fourth-order valence-electron chi connectivity index (χ4n) is 2.41. The van der Waals surface area contributed by atoms with E-state index in [4.69, 9.17) is 4.74 Å². The summed E-state index contributed by atoms with van der Waals surface area (Å²) >= 11 is 0. The second kappa shape index (κ2) is 7.42. The van der Waals surface area contributed by atoms with Crippen molar-refractivity contribution in [1.82, 2.24) is 9.55 Å².